The number of carbonyl (C=O) groups is 2. The van der Waals surface area contributed by atoms with Gasteiger partial charge < -0.3 is 24.1 Å². The van der Waals surface area contributed by atoms with Crippen molar-refractivity contribution < 1.29 is 33.6 Å². The van der Waals surface area contributed by atoms with Gasteiger partial charge in [-0.2, -0.15) is 0 Å². The Labute approximate surface area is 213 Å². The standard InChI is InChI=1S/C29H38O7/c1-18-10-12-29-17-34-27(32)15-19(2)11-13-33-22(21(4)30)8-6-7-9-26(31)36-24-16-23(35-25(29)14-18)20(3)28(24,29)5/h6-9,14-15,21-25,30H,3,10-13,16-17H2,1-2,4-5H3. The highest BCUT2D eigenvalue weighted by molar-refractivity contribution is 5.83. The van der Waals surface area contributed by atoms with Crippen LogP contribution in [0.3, 0.4) is 0 Å². The van der Waals surface area contributed by atoms with Crippen LogP contribution in [0.5, 0.6) is 0 Å². The van der Waals surface area contributed by atoms with E-state index in [2.05, 4.69) is 26.5 Å². The van der Waals surface area contributed by atoms with Crippen LogP contribution < -0.4 is 0 Å². The van der Waals surface area contributed by atoms with Gasteiger partial charge in [0.1, 0.15) is 18.8 Å². The molecule has 1 saturated carbocycles. The average molecular weight is 499 g/mol. The first kappa shape index (κ1) is 26.6. The summed E-state index contributed by atoms with van der Waals surface area (Å²) in [4.78, 5) is 25.7. The Balaban J connectivity index is 1.70. The van der Waals surface area contributed by atoms with Crippen molar-refractivity contribution >= 4 is 11.9 Å². The molecule has 0 aromatic heterocycles. The maximum atomic E-state index is 12.8. The number of ether oxygens (including phenoxy) is 4. The Kier molecular flexibility index (Phi) is 7.74. The molecule has 7 nitrogen and oxygen atoms in total. The summed E-state index contributed by atoms with van der Waals surface area (Å²) in [7, 11) is 0. The Hall–Kier alpha value is -2.48. The number of aliphatic hydroxyl groups excluding tert-OH is 1. The normalized spacial score (nSPS) is 38.6. The Morgan fingerprint density at radius 3 is 2.67 bits per heavy atom. The zero-order chi connectivity index (χ0) is 26.1. The van der Waals surface area contributed by atoms with Gasteiger partial charge in [-0.3, -0.25) is 0 Å². The van der Waals surface area contributed by atoms with Gasteiger partial charge in [0.2, 0.25) is 0 Å². The monoisotopic (exact) mass is 498 g/mol. The van der Waals surface area contributed by atoms with Crippen molar-refractivity contribution in [1.29, 1.82) is 0 Å². The molecule has 4 aliphatic rings. The second-order valence-corrected chi connectivity index (χ2v) is 10.8. The molecule has 2 fully saturated rings. The number of cyclic esters (lactones) is 1. The van der Waals surface area contributed by atoms with E-state index < -0.39 is 41.1 Å². The topological polar surface area (TPSA) is 91.3 Å². The molecule has 1 saturated heterocycles. The molecule has 7 atom stereocenters. The van der Waals surface area contributed by atoms with E-state index in [1.54, 1.807) is 25.2 Å². The number of allylic oxidation sites excluding steroid dienone is 3. The van der Waals surface area contributed by atoms with Crippen LogP contribution in [0.25, 0.3) is 0 Å². The number of esters is 2. The Bertz CT molecular complexity index is 1020. The Morgan fingerprint density at radius 1 is 1.14 bits per heavy atom. The van der Waals surface area contributed by atoms with Crippen molar-refractivity contribution in [3.63, 3.8) is 0 Å². The number of aliphatic hydroxyl groups is 1. The summed E-state index contributed by atoms with van der Waals surface area (Å²) < 4.78 is 24.2. The first-order valence-electron chi connectivity index (χ1n) is 12.8. The van der Waals surface area contributed by atoms with Crippen LogP contribution in [-0.2, 0) is 28.5 Å². The van der Waals surface area contributed by atoms with Gasteiger partial charge in [-0.1, -0.05) is 49.0 Å². The molecule has 196 valence electrons. The minimum atomic E-state index is -0.734. The molecule has 0 aromatic rings. The molecule has 1 N–H and O–H groups in total. The number of rotatable bonds is 1. The third-order valence-corrected chi connectivity index (χ3v) is 8.44. The third kappa shape index (κ3) is 4.89. The van der Waals surface area contributed by atoms with Gasteiger partial charge in [-0.25, -0.2) is 9.59 Å². The molecule has 7 unspecified atom stereocenters. The molecule has 0 amide bonds. The predicted molar refractivity (Wildman–Crippen MR) is 135 cm³/mol. The van der Waals surface area contributed by atoms with E-state index in [1.807, 2.05) is 6.92 Å². The van der Waals surface area contributed by atoms with Gasteiger partial charge in [-0.15, -0.1) is 0 Å². The highest BCUT2D eigenvalue weighted by Gasteiger charge is 2.68. The number of hydrogen-bond donors (Lipinski definition) is 1. The van der Waals surface area contributed by atoms with Crippen LogP contribution in [0.2, 0.25) is 0 Å². The minimum Gasteiger partial charge on any atom is -0.462 e. The fourth-order valence-electron chi connectivity index (χ4n) is 6.04. The van der Waals surface area contributed by atoms with Gasteiger partial charge in [0.25, 0.3) is 0 Å². The van der Waals surface area contributed by atoms with Crippen molar-refractivity contribution in [1.82, 2.24) is 0 Å². The number of hydrogen-bond acceptors (Lipinski definition) is 7. The third-order valence-electron chi connectivity index (χ3n) is 8.44. The van der Waals surface area contributed by atoms with Crippen LogP contribution in [0.4, 0.5) is 0 Å². The van der Waals surface area contributed by atoms with Crippen molar-refractivity contribution in [2.45, 2.75) is 83.9 Å². The fourth-order valence-corrected chi connectivity index (χ4v) is 6.04. The van der Waals surface area contributed by atoms with Crippen molar-refractivity contribution in [3.8, 4) is 0 Å². The summed E-state index contributed by atoms with van der Waals surface area (Å²) in [6, 6.07) is 0. The van der Waals surface area contributed by atoms with Crippen LogP contribution >= 0.6 is 0 Å². The molecule has 2 aliphatic carbocycles. The quantitative estimate of drug-likeness (QED) is 0.429. The summed E-state index contributed by atoms with van der Waals surface area (Å²) in [5, 5.41) is 10.0. The van der Waals surface area contributed by atoms with Crippen LogP contribution in [0, 0.1) is 10.8 Å². The van der Waals surface area contributed by atoms with Gasteiger partial charge in [0.05, 0.1) is 24.9 Å². The average Bonchev–Trinajstić information content (AvgIpc) is 2.98. The smallest absolute Gasteiger partial charge is 0.331 e. The molecule has 1 spiro atoms. The van der Waals surface area contributed by atoms with E-state index >= 15 is 0 Å². The van der Waals surface area contributed by atoms with Crippen LogP contribution in [-0.4, -0.2) is 60.8 Å². The lowest BCUT2D eigenvalue weighted by atomic mass is 9.53. The molecule has 2 heterocycles. The van der Waals surface area contributed by atoms with Crippen LogP contribution in [0.15, 0.2) is 59.8 Å². The summed E-state index contributed by atoms with van der Waals surface area (Å²) in [6.45, 7) is 12.5. The van der Waals surface area contributed by atoms with E-state index in [4.69, 9.17) is 18.9 Å². The summed E-state index contributed by atoms with van der Waals surface area (Å²) in [5.74, 6) is -0.891. The molecule has 2 aliphatic heterocycles. The first-order valence-corrected chi connectivity index (χ1v) is 12.8. The van der Waals surface area contributed by atoms with E-state index in [-0.39, 0.29) is 18.8 Å². The van der Waals surface area contributed by atoms with E-state index in [0.717, 1.165) is 24.0 Å². The second kappa shape index (κ2) is 10.5. The lowest BCUT2D eigenvalue weighted by Crippen LogP contribution is -2.60. The molecule has 4 rings (SSSR count). The first-order chi connectivity index (χ1) is 17.1. The molecule has 36 heavy (non-hydrogen) atoms. The lowest BCUT2D eigenvalue weighted by Gasteiger charge is -2.56. The zero-order valence-corrected chi connectivity index (χ0v) is 21.7. The van der Waals surface area contributed by atoms with E-state index in [1.165, 1.54) is 17.7 Å². The zero-order valence-electron chi connectivity index (χ0n) is 21.7. The van der Waals surface area contributed by atoms with Crippen LogP contribution in [0.1, 0.15) is 53.4 Å². The fraction of sp³-hybridized carbons (Fsp3) is 0.586. The lowest BCUT2D eigenvalue weighted by molar-refractivity contribution is -0.181. The largest absolute Gasteiger partial charge is 0.462 e. The predicted octanol–water partition coefficient (Wildman–Crippen LogP) is 4.13. The van der Waals surface area contributed by atoms with Gasteiger partial charge in [-0.05, 0) is 45.6 Å². The number of fused-ring (bicyclic) bond motifs is 1. The summed E-state index contributed by atoms with van der Waals surface area (Å²) in [6.07, 6.45) is 10.3. The maximum Gasteiger partial charge on any atom is 0.331 e. The van der Waals surface area contributed by atoms with E-state index in [9.17, 15) is 14.7 Å². The highest BCUT2D eigenvalue weighted by Crippen LogP contribution is 2.65. The maximum absolute atomic E-state index is 12.8. The molecular formula is C29H38O7. The Morgan fingerprint density at radius 2 is 1.92 bits per heavy atom. The van der Waals surface area contributed by atoms with Crippen molar-refractivity contribution in [2.75, 3.05) is 13.2 Å². The highest BCUT2D eigenvalue weighted by atomic mass is 16.6. The van der Waals surface area contributed by atoms with Crippen molar-refractivity contribution in [2.24, 2.45) is 10.8 Å². The minimum absolute atomic E-state index is 0.138. The molecule has 0 radical (unpaired) electrons. The van der Waals surface area contributed by atoms with Gasteiger partial charge in [0.15, 0.2) is 0 Å². The summed E-state index contributed by atoms with van der Waals surface area (Å²) in [5.41, 5.74) is 1.74. The number of carbonyl (C=O) groups excluding carboxylic acids is 2. The molecule has 2 bridgehead atoms. The van der Waals surface area contributed by atoms with E-state index in [0.29, 0.717) is 19.4 Å². The van der Waals surface area contributed by atoms with Crippen molar-refractivity contribution in [3.05, 3.63) is 59.8 Å². The summed E-state index contributed by atoms with van der Waals surface area (Å²) >= 11 is 0. The SMILES string of the molecule is C=C1C2CC3OC(=O)C=CC=CC(C(C)O)OCCC(C)=CC(=O)OCC4(CCC(C)=CC4O2)C13C. The van der Waals surface area contributed by atoms with Gasteiger partial charge >= 0.3 is 11.9 Å². The molecular weight excluding hydrogens is 460 g/mol. The second-order valence-electron chi connectivity index (χ2n) is 10.8. The molecule has 0 aromatic carbocycles. The van der Waals surface area contributed by atoms with Gasteiger partial charge in [0, 0.05) is 29.4 Å². The molecule has 7 heteroatoms.